The normalized spacial score (nSPS) is 11.0. The van der Waals surface area contributed by atoms with Crippen LogP contribution in [0.4, 0.5) is 5.69 Å². The molecule has 0 saturated carbocycles. The predicted molar refractivity (Wildman–Crippen MR) is 71.7 cm³/mol. The van der Waals surface area contributed by atoms with E-state index in [2.05, 4.69) is 4.98 Å². The van der Waals surface area contributed by atoms with Crippen molar-refractivity contribution < 1.29 is 13.2 Å². The summed E-state index contributed by atoms with van der Waals surface area (Å²) < 4.78 is 25.9. The Bertz CT molecular complexity index is 684. The Labute approximate surface area is 111 Å². The lowest BCUT2D eigenvalue weighted by atomic mass is 10.3. The Hall–Kier alpha value is -2.21. The summed E-state index contributed by atoms with van der Waals surface area (Å²) in [4.78, 5) is 14.7. The van der Waals surface area contributed by atoms with Gasteiger partial charge in [0.1, 0.15) is 0 Å². The van der Waals surface area contributed by atoms with Gasteiger partial charge in [0.15, 0.2) is 11.3 Å². The van der Waals surface area contributed by atoms with Crippen LogP contribution >= 0.6 is 0 Å². The number of rotatable bonds is 4. The molecule has 0 aliphatic rings. The molecule has 0 saturated heterocycles. The number of anilines is 1. The van der Waals surface area contributed by atoms with Gasteiger partial charge in [0.25, 0.3) is 10.0 Å². The van der Waals surface area contributed by atoms with E-state index in [1.54, 1.807) is 30.3 Å². The summed E-state index contributed by atoms with van der Waals surface area (Å²) >= 11 is 0. The topological polar surface area (TPSA) is 67.3 Å². The second-order valence-corrected chi connectivity index (χ2v) is 5.71. The highest BCUT2D eigenvalue weighted by Crippen LogP contribution is 2.21. The van der Waals surface area contributed by atoms with E-state index in [9.17, 15) is 13.2 Å². The molecule has 0 radical (unpaired) electrons. The van der Waals surface area contributed by atoms with Gasteiger partial charge in [-0.3, -0.25) is 9.10 Å². The van der Waals surface area contributed by atoms with E-state index in [-0.39, 0.29) is 10.6 Å². The zero-order valence-electron chi connectivity index (χ0n) is 10.2. The van der Waals surface area contributed by atoms with Gasteiger partial charge in [-0.05, 0) is 24.3 Å². The molecule has 98 valence electrons. The molecule has 2 rings (SSSR count). The molecule has 0 aliphatic heterocycles. The van der Waals surface area contributed by atoms with Crippen LogP contribution in [0.15, 0.2) is 53.7 Å². The summed E-state index contributed by atoms with van der Waals surface area (Å²) in [5.74, 6) is 0. The van der Waals surface area contributed by atoms with E-state index >= 15 is 0 Å². The molecule has 0 aliphatic carbocycles. The average Bonchev–Trinajstić information content (AvgIpc) is 2.47. The number of carbonyl (C=O) groups excluding carboxylic acids is 1. The molecule has 1 heterocycles. The van der Waals surface area contributed by atoms with Gasteiger partial charge in [-0.15, -0.1) is 0 Å². The SMILES string of the molecule is CN(c1ccccc1)S(=O)(=O)c1ncccc1C=O. The first-order chi connectivity index (χ1) is 9.07. The minimum absolute atomic E-state index is 0.0466. The third kappa shape index (κ3) is 2.48. The van der Waals surface area contributed by atoms with Crippen molar-refractivity contribution in [3.63, 3.8) is 0 Å². The Morgan fingerprint density at radius 2 is 1.79 bits per heavy atom. The van der Waals surface area contributed by atoms with Crippen LogP contribution in [-0.4, -0.2) is 26.7 Å². The fraction of sp³-hybridized carbons (Fsp3) is 0.0769. The highest BCUT2D eigenvalue weighted by atomic mass is 32.2. The molecule has 0 spiro atoms. The van der Waals surface area contributed by atoms with E-state index in [0.717, 1.165) is 4.31 Å². The zero-order valence-corrected chi connectivity index (χ0v) is 11.0. The highest BCUT2D eigenvalue weighted by Gasteiger charge is 2.25. The number of hydrogen-bond acceptors (Lipinski definition) is 4. The molecule has 0 amide bonds. The molecule has 0 N–H and O–H groups in total. The second-order valence-electron chi connectivity index (χ2n) is 3.82. The first-order valence-electron chi connectivity index (χ1n) is 5.51. The smallest absolute Gasteiger partial charge is 0.282 e. The van der Waals surface area contributed by atoms with Crippen molar-refractivity contribution in [2.75, 3.05) is 11.4 Å². The lowest BCUT2D eigenvalue weighted by Crippen LogP contribution is -2.28. The Kier molecular flexibility index (Phi) is 3.62. The van der Waals surface area contributed by atoms with Crippen LogP contribution in [0.5, 0.6) is 0 Å². The summed E-state index contributed by atoms with van der Waals surface area (Å²) in [6.45, 7) is 0. The van der Waals surface area contributed by atoms with E-state index in [0.29, 0.717) is 12.0 Å². The van der Waals surface area contributed by atoms with Crippen LogP contribution < -0.4 is 4.31 Å². The lowest BCUT2D eigenvalue weighted by Gasteiger charge is -2.19. The van der Waals surface area contributed by atoms with Crippen molar-refractivity contribution in [2.45, 2.75) is 5.03 Å². The van der Waals surface area contributed by atoms with Crippen LogP contribution in [0, 0.1) is 0 Å². The van der Waals surface area contributed by atoms with Crippen molar-refractivity contribution >= 4 is 22.0 Å². The summed E-state index contributed by atoms with van der Waals surface area (Å²) in [6, 6.07) is 11.5. The molecule has 1 aromatic carbocycles. The van der Waals surface area contributed by atoms with Crippen molar-refractivity contribution in [2.24, 2.45) is 0 Å². The first-order valence-corrected chi connectivity index (χ1v) is 6.95. The molecule has 0 fully saturated rings. The molecule has 5 nitrogen and oxygen atoms in total. The summed E-state index contributed by atoms with van der Waals surface area (Å²) in [5.41, 5.74) is 0.551. The molecule has 0 bridgehead atoms. The number of sulfonamides is 1. The molecule has 6 heteroatoms. The van der Waals surface area contributed by atoms with Gasteiger partial charge in [0, 0.05) is 13.2 Å². The largest absolute Gasteiger partial charge is 0.298 e. The quantitative estimate of drug-likeness (QED) is 0.797. The van der Waals surface area contributed by atoms with Crippen molar-refractivity contribution in [3.8, 4) is 0 Å². The van der Waals surface area contributed by atoms with Crippen LogP contribution in [-0.2, 0) is 10.0 Å². The van der Waals surface area contributed by atoms with Crippen LogP contribution in [0.1, 0.15) is 10.4 Å². The Morgan fingerprint density at radius 1 is 1.11 bits per heavy atom. The van der Waals surface area contributed by atoms with Gasteiger partial charge < -0.3 is 0 Å². The number of benzene rings is 1. The number of aromatic nitrogens is 1. The number of nitrogens with zero attached hydrogens (tertiary/aromatic N) is 2. The zero-order chi connectivity index (χ0) is 13.9. The average molecular weight is 276 g/mol. The second kappa shape index (κ2) is 5.19. The van der Waals surface area contributed by atoms with Gasteiger partial charge >= 0.3 is 0 Å². The van der Waals surface area contributed by atoms with E-state index in [1.165, 1.54) is 25.4 Å². The van der Waals surface area contributed by atoms with Gasteiger partial charge in [0.2, 0.25) is 0 Å². The maximum absolute atomic E-state index is 12.4. The van der Waals surface area contributed by atoms with Gasteiger partial charge in [-0.25, -0.2) is 4.98 Å². The first kappa shape index (κ1) is 13.2. The monoisotopic (exact) mass is 276 g/mol. The summed E-state index contributed by atoms with van der Waals surface area (Å²) in [5, 5.41) is -0.239. The third-order valence-electron chi connectivity index (χ3n) is 2.65. The molecule has 1 aromatic heterocycles. The number of carbonyl (C=O) groups is 1. The number of aldehydes is 1. The van der Waals surface area contributed by atoms with Gasteiger partial charge in [-0.2, -0.15) is 8.42 Å². The minimum Gasteiger partial charge on any atom is -0.298 e. The number of pyridine rings is 1. The maximum atomic E-state index is 12.4. The molecule has 0 unspecified atom stereocenters. The third-order valence-corrected chi connectivity index (χ3v) is 4.41. The van der Waals surface area contributed by atoms with Crippen molar-refractivity contribution in [3.05, 3.63) is 54.2 Å². The van der Waals surface area contributed by atoms with Gasteiger partial charge in [-0.1, -0.05) is 18.2 Å². The molecular weight excluding hydrogens is 264 g/mol. The summed E-state index contributed by atoms with van der Waals surface area (Å²) in [6.07, 6.45) is 1.83. The predicted octanol–water partition coefficient (Wildman–Crippen LogP) is 1.72. The molecule has 19 heavy (non-hydrogen) atoms. The fourth-order valence-corrected chi connectivity index (χ4v) is 2.88. The van der Waals surface area contributed by atoms with Crippen LogP contribution in [0.25, 0.3) is 0 Å². The fourth-order valence-electron chi connectivity index (χ4n) is 1.61. The van der Waals surface area contributed by atoms with Gasteiger partial charge in [0.05, 0.1) is 11.3 Å². The van der Waals surface area contributed by atoms with E-state index in [4.69, 9.17) is 0 Å². The van der Waals surface area contributed by atoms with Crippen molar-refractivity contribution in [1.29, 1.82) is 0 Å². The molecule has 0 atom stereocenters. The molecular formula is C13H12N2O3S. The lowest BCUT2D eigenvalue weighted by molar-refractivity contribution is 0.112. The van der Waals surface area contributed by atoms with E-state index in [1.807, 2.05) is 0 Å². The Morgan fingerprint density at radius 3 is 2.42 bits per heavy atom. The van der Waals surface area contributed by atoms with E-state index < -0.39 is 10.0 Å². The van der Waals surface area contributed by atoms with Crippen LogP contribution in [0.2, 0.25) is 0 Å². The summed E-state index contributed by atoms with van der Waals surface area (Å²) in [7, 11) is -2.42. The number of hydrogen-bond donors (Lipinski definition) is 0. The number of para-hydroxylation sites is 1. The highest BCUT2D eigenvalue weighted by molar-refractivity contribution is 7.92. The van der Waals surface area contributed by atoms with Crippen molar-refractivity contribution in [1.82, 2.24) is 4.98 Å². The Balaban J connectivity index is 2.51. The maximum Gasteiger partial charge on any atom is 0.282 e. The standard InChI is InChI=1S/C13H12N2O3S/c1-15(12-7-3-2-4-8-12)19(17,18)13-11(10-16)6-5-9-14-13/h2-10H,1H3. The van der Waals surface area contributed by atoms with Crippen LogP contribution in [0.3, 0.4) is 0 Å². The molecule has 2 aromatic rings. The minimum atomic E-state index is -3.84.